The molecule has 0 bridgehead atoms. The fourth-order valence-corrected chi connectivity index (χ4v) is 2.64. The molecule has 0 aromatic heterocycles. The predicted molar refractivity (Wildman–Crippen MR) is 90.6 cm³/mol. The maximum atomic E-state index is 12.4. The number of benzene rings is 2. The number of carbonyl (C=O) groups is 1. The highest BCUT2D eigenvalue weighted by atomic mass is 79.9. The summed E-state index contributed by atoms with van der Waals surface area (Å²) in [6.45, 7) is 2.27. The number of fused-ring (bicyclic) bond motifs is 1. The topological polar surface area (TPSA) is 38.3 Å². The molecule has 0 spiro atoms. The maximum Gasteiger partial charge on any atom is 0.251 e. The summed E-state index contributed by atoms with van der Waals surface area (Å²) in [4.78, 5) is 12.4. The van der Waals surface area contributed by atoms with Gasteiger partial charge in [-0.2, -0.15) is 0 Å². The number of hydrogen-bond donors (Lipinski definition) is 1. The molecule has 1 aliphatic rings. The van der Waals surface area contributed by atoms with Crippen LogP contribution in [0.15, 0.2) is 58.6 Å². The molecule has 112 valence electrons. The molecule has 0 fully saturated rings. The molecule has 1 atom stereocenters. The van der Waals surface area contributed by atoms with Gasteiger partial charge in [0, 0.05) is 10.0 Å². The van der Waals surface area contributed by atoms with Crippen molar-refractivity contribution >= 4 is 27.9 Å². The molecule has 1 aliphatic heterocycles. The zero-order valence-electron chi connectivity index (χ0n) is 12.2. The minimum Gasteiger partial charge on any atom is -0.488 e. The molecule has 4 heteroatoms. The van der Waals surface area contributed by atoms with E-state index < -0.39 is 0 Å². The Bertz CT molecular complexity index is 722. The highest BCUT2D eigenvalue weighted by molar-refractivity contribution is 9.10. The largest absolute Gasteiger partial charge is 0.488 e. The van der Waals surface area contributed by atoms with Gasteiger partial charge in [0.2, 0.25) is 0 Å². The van der Waals surface area contributed by atoms with Gasteiger partial charge in [0.1, 0.15) is 12.4 Å². The molecule has 3 rings (SSSR count). The third kappa shape index (κ3) is 3.22. The third-order valence-electron chi connectivity index (χ3n) is 3.64. The van der Waals surface area contributed by atoms with Gasteiger partial charge in [-0.05, 0) is 36.8 Å². The average Bonchev–Trinajstić information content (AvgIpc) is 2.55. The van der Waals surface area contributed by atoms with Crippen LogP contribution >= 0.6 is 15.9 Å². The first-order valence-corrected chi connectivity index (χ1v) is 7.91. The van der Waals surface area contributed by atoms with Crippen molar-refractivity contribution < 1.29 is 9.53 Å². The Balaban J connectivity index is 1.72. The lowest BCUT2D eigenvalue weighted by Gasteiger charge is -2.20. The van der Waals surface area contributed by atoms with Crippen molar-refractivity contribution in [1.29, 1.82) is 0 Å². The van der Waals surface area contributed by atoms with Gasteiger partial charge in [-0.15, -0.1) is 0 Å². The molecular formula is C18H16BrNO2. The second-order valence-corrected chi connectivity index (χ2v) is 6.16. The van der Waals surface area contributed by atoms with E-state index in [0.717, 1.165) is 21.3 Å². The Morgan fingerprint density at radius 1 is 1.18 bits per heavy atom. The first-order valence-electron chi connectivity index (χ1n) is 7.12. The Morgan fingerprint density at radius 2 is 1.91 bits per heavy atom. The number of rotatable bonds is 3. The number of halogens is 1. The molecule has 1 unspecified atom stereocenters. The highest BCUT2D eigenvalue weighted by Gasteiger charge is 2.18. The lowest BCUT2D eigenvalue weighted by Crippen LogP contribution is -2.30. The van der Waals surface area contributed by atoms with Crippen molar-refractivity contribution in [2.45, 2.75) is 13.0 Å². The van der Waals surface area contributed by atoms with Gasteiger partial charge in [0.05, 0.1) is 11.6 Å². The number of amides is 1. The minimum absolute atomic E-state index is 0.0568. The molecule has 0 radical (unpaired) electrons. The quantitative estimate of drug-likeness (QED) is 0.897. The van der Waals surface area contributed by atoms with E-state index in [2.05, 4.69) is 21.2 Å². The molecule has 1 N–H and O–H groups in total. The van der Waals surface area contributed by atoms with E-state index in [1.807, 2.05) is 61.5 Å². The zero-order valence-corrected chi connectivity index (χ0v) is 13.8. The van der Waals surface area contributed by atoms with E-state index >= 15 is 0 Å². The van der Waals surface area contributed by atoms with Crippen LogP contribution < -0.4 is 10.1 Å². The molecule has 0 aliphatic carbocycles. The fraction of sp³-hybridized carbons (Fsp3) is 0.167. The van der Waals surface area contributed by atoms with Gasteiger partial charge in [-0.25, -0.2) is 0 Å². The van der Waals surface area contributed by atoms with Gasteiger partial charge in [-0.3, -0.25) is 4.79 Å². The van der Waals surface area contributed by atoms with Crippen LogP contribution in [0.5, 0.6) is 5.75 Å². The number of carbonyl (C=O) groups excluding carboxylic acids is 1. The molecule has 1 heterocycles. The third-order valence-corrected chi connectivity index (χ3v) is 4.17. The molecule has 3 nitrogen and oxygen atoms in total. The van der Waals surface area contributed by atoms with Gasteiger partial charge in [0.25, 0.3) is 5.91 Å². The second-order valence-electron chi connectivity index (χ2n) is 5.24. The molecule has 2 aromatic carbocycles. The van der Waals surface area contributed by atoms with Crippen LogP contribution in [0.25, 0.3) is 6.08 Å². The van der Waals surface area contributed by atoms with E-state index in [9.17, 15) is 4.79 Å². The van der Waals surface area contributed by atoms with Crippen molar-refractivity contribution in [3.8, 4) is 5.75 Å². The molecular weight excluding hydrogens is 342 g/mol. The van der Waals surface area contributed by atoms with Crippen LogP contribution in [0, 0.1) is 0 Å². The highest BCUT2D eigenvalue weighted by Crippen LogP contribution is 2.26. The average molecular weight is 358 g/mol. The fourth-order valence-electron chi connectivity index (χ4n) is 2.37. The Kier molecular flexibility index (Phi) is 4.29. The predicted octanol–water partition coefficient (Wildman–Crippen LogP) is 4.10. The lowest BCUT2D eigenvalue weighted by atomic mass is 10.1. The van der Waals surface area contributed by atoms with Crippen LogP contribution in [0.2, 0.25) is 0 Å². The number of nitrogens with one attached hydrogen (secondary N) is 1. The summed E-state index contributed by atoms with van der Waals surface area (Å²) >= 11 is 3.41. The van der Waals surface area contributed by atoms with E-state index in [1.54, 1.807) is 0 Å². The van der Waals surface area contributed by atoms with Crippen LogP contribution in [-0.4, -0.2) is 12.5 Å². The van der Waals surface area contributed by atoms with Crippen molar-refractivity contribution in [2.75, 3.05) is 6.61 Å². The summed E-state index contributed by atoms with van der Waals surface area (Å²) in [5, 5.41) is 3.01. The number of para-hydroxylation sites is 1. The van der Waals surface area contributed by atoms with Crippen molar-refractivity contribution in [3.63, 3.8) is 0 Å². The zero-order chi connectivity index (χ0) is 15.5. The van der Waals surface area contributed by atoms with Crippen molar-refractivity contribution in [1.82, 2.24) is 5.32 Å². The Morgan fingerprint density at radius 3 is 2.68 bits per heavy atom. The molecule has 2 aromatic rings. The normalized spacial score (nSPS) is 14.4. The van der Waals surface area contributed by atoms with Gasteiger partial charge >= 0.3 is 0 Å². The molecule has 0 saturated carbocycles. The van der Waals surface area contributed by atoms with E-state index in [4.69, 9.17) is 4.74 Å². The van der Waals surface area contributed by atoms with Crippen LogP contribution in [0.4, 0.5) is 0 Å². The van der Waals surface area contributed by atoms with Crippen LogP contribution in [0.1, 0.15) is 24.1 Å². The Labute approximate surface area is 138 Å². The second kappa shape index (κ2) is 6.36. The SMILES string of the molecule is CC(NC(=O)C1=Cc2ccccc2OC1)c1ccc(Br)cc1. The van der Waals surface area contributed by atoms with E-state index in [0.29, 0.717) is 12.2 Å². The summed E-state index contributed by atoms with van der Waals surface area (Å²) in [6.07, 6.45) is 1.89. The number of hydrogen-bond acceptors (Lipinski definition) is 2. The van der Waals surface area contributed by atoms with E-state index in [1.165, 1.54) is 0 Å². The van der Waals surface area contributed by atoms with Crippen molar-refractivity contribution in [3.05, 3.63) is 69.7 Å². The summed E-state index contributed by atoms with van der Waals surface area (Å²) < 4.78 is 6.65. The van der Waals surface area contributed by atoms with Crippen molar-refractivity contribution in [2.24, 2.45) is 0 Å². The standard InChI is InChI=1S/C18H16BrNO2/c1-12(13-6-8-16(19)9-7-13)20-18(21)15-10-14-4-2-3-5-17(14)22-11-15/h2-10,12H,11H2,1H3,(H,20,21). The summed E-state index contributed by atoms with van der Waals surface area (Å²) in [6, 6.07) is 15.6. The van der Waals surface area contributed by atoms with E-state index in [-0.39, 0.29) is 11.9 Å². The van der Waals surface area contributed by atoms with Crippen LogP contribution in [-0.2, 0) is 4.79 Å². The first-order chi connectivity index (χ1) is 10.6. The monoisotopic (exact) mass is 357 g/mol. The van der Waals surface area contributed by atoms with Crippen LogP contribution in [0.3, 0.4) is 0 Å². The number of ether oxygens (including phenoxy) is 1. The first kappa shape index (κ1) is 14.9. The molecule has 1 amide bonds. The maximum absolute atomic E-state index is 12.4. The smallest absolute Gasteiger partial charge is 0.251 e. The Hall–Kier alpha value is -2.07. The summed E-state index contributed by atoms with van der Waals surface area (Å²) in [5.41, 5.74) is 2.65. The summed E-state index contributed by atoms with van der Waals surface area (Å²) in [7, 11) is 0. The van der Waals surface area contributed by atoms with Gasteiger partial charge in [-0.1, -0.05) is 46.3 Å². The minimum atomic E-state index is -0.0927. The van der Waals surface area contributed by atoms with Gasteiger partial charge in [0.15, 0.2) is 0 Å². The summed E-state index contributed by atoms with van der Waals surface area (Å²) in [5.74, 6) is 0.727. The van der Waals surface area contributed by atoms with Gasteiger partial charge < -0.3 is 10.1 Å². The lowest BCUT2D eigenvalue weighted by molar-refractivity contribution is -0.118. The molecule has 0 saturated heterocycles. The molecule has 22 heavy (non-hydrogen) atoms.